The quantitative estimate of drug-likeness (QED) is 0.589. The van der Waals surface area contributed by atoms with Crippen LogP contribution in [-0.2, 0) is 6.54 Å². The van der Waals surface area contributed by atoms with Crippen LogP contribution in [0.4, 0.5) is 5.95 Å². The molecule has 1 fully saturated rings. The first kappa shape index (κ1) is 15.1. The molecule has 0 atom stereocenters. The van der Waals surface area contributed by atoms with E-state index in [2.05, 4.69) is 20.1 Å². The molecule has 1 saturated heterocycles. The average molecular weight is 350 g/mol. The molecule has 1 aliphatic heterocycles. The monoisotopic (exact) mass is 350 g/mol. The summed E-state index contributed by atoms with van der Waals surface area (Å²) >= 11 is 0. The zero-order valence-corrected chi connectivity index (χ0v) is 14.3. The summed E-state index contributed by atoms with van der Waals surface area (Å²) in [5.74, 6) is 1.70. The van der Waals surface area contributed by atoms with Crippen molar-refractivity contribution in [3.63, 3.8) is 0 Å². The Bertz CT molecular complexity index is 1080. The van der Waals surface area contributed by atoms with E-state index in [1.807, 2.05) is 41.3 Å². The molecule has 0 amide bonds. The first-order valence-electron chi connectivity index (χ1n) is 8.42. The molecule has 132 valence electrons. The maximum atomic E-state index is 6.09. The van der Waals surface area contributed by atoms with Gasteiger partial charge in [-0.3, -0.25) is 9.58 Å². The Kier molecular flexibility index (Phi) is 3.29. The Morgan fingerprint density at radius 3 is 2.88 bits per heavy atom. The van der Waals surface area contributed by atoms with Gasteiger partial charge in [0.1, 0.15) is 11.3 Å². The zero-order chi connectivity index (χ0) is 17.7. The molecule has 0 bridgehead atoms. The van der Waals surface area contributed by atoms with Crippen molar-refractivity contribution in [3.8, 4) is 5.75 Å². The SMILES string of the molecule is COc1cccc2c1nc(N)n1nc(CN3CC(n4cccn4)C3)nc21. The van der Waals surface area contributed by atoms with Crippen molar-refractivity contribution < 1.29 is 4.74 Å². The maximum absolute atomic E-state index is 6.09. The second kappa shape index (κ2) is 5.67. The highest BCUT2D eigenvalue weighted by Crippen LogP contribution is 2.28. The van der Waals surface area contributed by atoms with Gasteiger partial charge in [0.05, 0.1) is 19.7 Å². The lowest BCUT2D eigenvalue weighted by molar-refractivity contribution is 0.0882. The van der Waals surface area contributed by atoms with Gasteiger partial charge < -0.3 is 10.5 Å². The third-order valence-corrected chi connectivity index (χ3v) is 4.76. The van der Waals surface area contributed by atoms with E-state index in [4.69, 9.17) is 15.5 Å². The van der Waals surface area contributed by atoms with E-state index in [9.17, 15) is 0 Å². The Hall–Kier alpha value is -3.20. The predicted molar refractivity (Wildman–Crippen MR) is 95.8 cm³/mol. The molecular weight excluding hydrogens is 332 g/mol. The van der Waals surface area contributed by atoms with Crippen LogP contribution >= 0.6 is 0 Å². The fourth-order valence-electron chi connectivity index (χ4n) is 3.44. The molecule has 9 nitrogen and oxygen atoms in total. The van der Waals surface area contributed by atoms with Gasteiger partial charge in [-0.1, -0.05) is 6.07 Å². The van der Waals surface area contributed by atoms with E-state index < -0.39 is 0 Å². The lowest BCUT2D eigenvalue weighted by Crippen LogP contribution is -2.47. The molecule has 26 heavy (non-hydrogen) atoms. The molecule has 0 radical (unpaired) electrons. The number of ether oxygens (including phenoxy) is 1. The van der Waals surface area contributed by atoms with Gasteiger partial charge in [-0.05, 0) is 18.2 Å². The van der Waals surface area contributed by atoms with Crippen LogP contribution in [0.15, 0.2) is 36.7 Å². The van der Waals surface area contributed by atoms with E-state index >= 15 is 0 Å². The third kappa shape index (κ3) is 2.28. The zero-order valence-electron chi connectivity index (χ0n) is 14.3. The predicted octanol–water partition coefficient (Wildman–Crippen LogP) is 1.12. The standard InChI is InChI=1S/C17H18N8O/c1-26-13-5-2-4-12-15(13)21-17(18)25-16(12)20-14(22-25)10-23-8-11(9-23)24-7-3-6-19-24/h2-7,11H,8-10H2,1H3,(H2,18,21). The average Bonchev–Trinajstić information content (AvgIpc) is 3.27. The highest BCUT2D eigenvalue weighted by molar-refractivity contribution is 5.95. The molecule has 0 saturated carbocycles. The molecule has 5 rings (SSSR count). The number of nitrogens with two attached hydrogens (primary N) is 1. The Morgan fingerprint density at radius 2 is 2.12 bits per heavy atom. The van der Waals surface area contributed by atoms with E-state index in [0.29, 0.717) is 35.4 Å². The topological polar surface area (TPSA) is 99.4 Å². The summed E-state index contributed by atoms with van der Waals surface area (Å²) in [6.07, 6.45) is 3.80. The van der Waals surface area contributed by atoms with Gasteiger partial charge in [-0.25, -0.2) is 9.97 Å². The van der Waals surface area contributed by atoms with Crippen LogP contribution in [0.3, 0.4) is 0 Å². The minimum atomic E-state index is 0.300. The number of hydrogen-bond donors (Lipinski definition) is 1. The van der Waals surface area contributed by atoms with Crippen LogP contribution in [0, 0.1) is 0 Å². The Morgan fingerprint density at radius 1 is 1.23 bits per heavy atom. The minimum Gasteiger partial charge on any atom is -0.494 e. The number of fused-ring (bicyclic) bond motifs is 3. The number of methoxy groups -OCH3 is 1. The smallest absolute Gasteiger partial charge is 0.223 e. The minimum absolute atomic E-state index is 0.300. The first-order chi connectivity index (χ1) is 12.7. The van der Waals surface area contributed by atoms with Gasteiger partial charge in [0.15, 0.2) is 11.5 Å². The highest BCUT2D eigenvalue weighted by atomic mass is 16.5. The normalized spacial score (nSPS) is 15.6. The summed E-state index contributed by atoms with van der Waals surface area (Å²) in [5.41, 5.74) is 7.49. The van der Waals surface area contributed by atoms with Crippen LogP contribution in [0.5, 0.6) is 5.75 Å². The number of anilines is 1. The van der Waals surface area contributed by atoms with Crippen LogP contribution in [0.25, 0.3) is 16.6 Å². The molecule has 0 spiro atoms. The van der Waals surface area contributed by atoms with Crippen LogP contribution in [0.1, 0.15) is 11.9 Å². The molecule has 3 aromatic heterocycles. The lowest BCUT2D eigenvalue weighted by Gasteiger charge is -2.38. The van der Waals surface area contributed by atoms with Crippen LogP contribution in [-0.4, -0.2) is 54.5 Å². The van der Waals surface area contributed by atoms with Crippen molar-refractivity contribution >= 4 is 22.5 Å². The van der Waals surface area contributed by atoms with Gasteiger partial charge in [0.2, 0.25) is 5.95 Å². The second-order valence-corrected chi connectivity index (χ2v) is 6.42. The van der Waals surface area contributed by atoms with Crippen molar-refractivity contribution in [2.75, 3.05) is 25.9 Å². The molecule has 0 unspecified atom stereocenters. The highest BCUT2D eigenvalue weighted by Gasteiger charge is 2.29. The number of hydrogen-bond acceptors (Lipinski definition) is 7. The summed E-state index contributed by atoms with van der Waals surface area (Å²) in [7, 11) is 1.62. The van der Waals surface area contributed by atoms with Crippen molar-refractivity contribution in [2.24, 2.45) is 0 Å². The Balaban J connectivity index is 1.45. The van der Waals surface area contributed by atoms with Crippen molar-refractivity contribution in [1.82, 2.24) is 34.3 Å². The number of para-hydroxylation sites is 1. The van der Waals surface area contributed by atoms with Gasteiger partial charge >= 0.3 is 0 Å². The van der Waals surface area contributed by atoms with E-state index in [0.717, 1.165) is 24.3 Å². The van der Waals surface area contributed by atoms with Gasteiger partial charge in [-0.2, -0.15) is 9.61 Å². The Labute approximate surface area is 149 Å². The van der Waals surface area contributed by atoms with E-state index in [-0.39, 0.29) is 0 Å². The fraction of sp³-hybridized carbons (Fsp3) is 0.294. The fourth-order valence-corrected chi connectivity index (χ4v) is 3.44. The number of nitrogen functional groups attached to an aromatic ring is 1. The first-order valence-corrected chi connectivity index (χ1v) is 8.42. The number of benzene rings is 1. The molecule has 0 aliphatic carbocycles. The molecular formula is C17H18N8O. The summed E-state index contributed by atoms with van der Waals surface area (Å²) in [5, 5.41) is 9.71. The van der Waals surface area contributed by atoms with Gasteiger partial charge in [0, 0.05) is 30.9 Å². The summed E-state index contributed by atoms with van der Waals surface area (Å²) in [6, 6.07) is 8.09. The van der Waals surface area contributed by atoms with Crippen molar-refractivity contribution in [1.29, 1.82) is 0 Å². The molecule has 1 aliphatic rings. The molecule has 4 heterocycles. The number of nitrogens with zero attached hydrogens (tertiary/aromatic N) is 7. The molecule has 9 heteroatoms. The summed E-state index contributed by atoms with van der Waals surface area (Å²) < 4.78 is 8.98. The largest absolute Gasteiger partial charge is 0.494 e. The van der Waals surface area contributed by atoms with E-state index in [1.165, 1.54) is 0 Å². The summed E-state index contributed by atoms with van der Waals surface area (Å²) in [6.45, 7) is 2.53. The van der Waals surface area contributed by atoms with Crippen LogP contribution < -0.4 is 10.5 Å². The summed E-state index contributed by atoms with van der Waals surface area (Å²) in [4.78, 5) is 11.4. The maximum Gasteiger partial charge on any atom is 0.223 e. The number of aromatic nitrogens is 6. The van der Waals surface area contributed by atoms with Crippen molar-refractivity contribution in [3.05, 3.63) is 42.5 Å². The molecule has 4 aromatic rings. The lowest BCUT2D eigenvalue weighted by atomic mass is 10.1. The van der Waals surface area contributed by atoms with Gasteiger partial charge in [-0.15, -0.1) is 5.10 Å². The molecule has 2 N–H and O–H groups in total. The van der Waals surface area contributed by atoms with E-state index in [1.54, 1.807) is 11.6 Å². The van der Waals surface area contributed by atoms with Crippen LogP contribution in [0.2, 0.25) is 0 Å². The third-order valence-electron chi connectivity index (χ3n) is 4.76. The number of likely N-dealkylation sites (tertiary alicyclic amines) is 1. The number of rotatable bonds is 4. The molecule has 1 aromatic carbocycles. The second-order valence-electron chi connectivity index (χ2n) is 6.42. The van der Waals surface area contributed by atoms with Gasteiger partial charge in [0.25, 0.3) is 0 Å². The van der Waals surface area contributed by atoms with Crippen molar-refractivity contribution in [2.45, 2.75) is 12.6 Å².